The van der Waals surface area contributed by atoms with Gasteiger partial charge in [-0.3, -0.25) is 4.79 Å². The monoisotopic (exact) mass is 564 g/mol. The molecule has 0 aromatic carbocycles. The number of aliphatic hydroxyl groups excluding tert-OH is 3. The molecule has 0 aromatic heterocycles. The number of Topliss-reactive ketones (excluding diaryl/α,β-unsaturated/α-hetero) is 1. The Labute approximate surface area is 230 Å². The Balaban J connectivity index is 1.70. The van der Waals surface area contributed by atoms with Crippen LogP contribution in [0.1, 0.15) is 47.5 Å². The molecule has 220 valence electrons. The van der Waals surface area contributed by atoms with Crippen molar-refractivity contribution in [1.29, 1.82) is 0 Å². The van der Waals surface area contributed by atoms with Gasteiger partial charge in [-0.25, -0.2) is 14.4 Å². The molecule has 2 saturated heterocycles. The fraction of sp³-hybridized carbons (Fsp3) is 0.714. The van der Waals surface area contributed by atoms with E-state index < -0.39 is 87.9 Å². The van der Waals surface area contributed by atoms with Gasteiger partial charge in [-0.2, -0.15) is 0 Å². The van der Waals surface area contributed by atoms with Crippen molar-refractivity contribution in [3.8, 4) is 0 Å². The highest BCUT2D eigenvalue weighted by Crippen LogP contribution is 2.72. The summed E-state index contributed by atoms with van der Waals surface area (Å²) >= 11 is 0. The van der Waals surface area contributed by atoms with Crippen molar-refractivity contribution in [2.45, 2.75) is 83.1 Å². The van der Waals surface area contributed by atoms with Crippen molar-refractivity contribution in [2.24, 2.45) is 28.6 Å². The molecule has 5 rings (SSSR count). The number of fused-ring (bicyclic) bond motifs is 2. The molecule has 0 aromatic rings. The molecule has 12 heteroatoms. The third-order valence-corrected chi connectivity index (χ3v) is 10.4. The summed E-state index contributed by atoms with van der Waals surface area (Å²) in [5, 5.41) is 44.0. The molecule has 1 spiro atoms. The smallest absolute Gasteiger partial charge is 0.348 e. The molecular formula is C28H36O12. The van der Waals surface area contributed by atoms with Crippen LogP contribution in [0.5, 0.6) is 0 Å². The fourth-order valence-electron chi connectivity index (χ4n) is 8.37. The molecule has 4 fully saturated rings. The molecule has 40 heavy (non-hydrogen) atoms. The summed E-state index contributed by atoms with van der Waals surface area (Å²) in [6.07, 6.45) is -5.28. The van der Waals surface area contributed by atoms with Crippen LogP contribution < -0.4 is 0 Å². The molecule has 2 aliphatic heterocycles. The lowest BCUT2D eigenvalue weighted by atomic mass is 9.38. The Morgan fingerprint density at radius 1 is 1.18 bits per heavy atom. The lowest BCUT2D eigenvalue weighted by Crippen LogP contribution is -2.79. The minimum absolute atomic E-state index is 0.139. The Morgan fingerprint density at radius 3 is 2.42 bits per heavy atom. The molecule has 10 atom stereocenters. The number of carbonyl (C=O) groups is 4. The summed E-state index contributed by atoms with van der Waals surface area (Å²) in [5.74, 6) is -6.76. The van der Waals surface area contributed by atoms with Crippen LogP contribution in [0.4, 0.5) is 0 Å². The molecule has 12 nitrogen and oxygen atoms in total. The number of aliphatic hydroxyl groups is 4. The summed E-state index contributed by atoms with van der Waals surface area (Å²) in [6, 6.07) is 0. The largest absolute Gasteiger partial charge is 0.504 e. The van der Waals surface area contributed by atoms with Gasteiger partial charge in [0.1, 0.15) is 12.2 Å². The maximum Gasteiger partial charge on any atom is 0.348 e. The summed E-state index contributed by atoms with van der Waals surface area (Å²) in [6.45, 7) is 7.54. The first-order valence-electron chi connectivity index (χ1n) is 13.3. The van der Waals surface area contributed by atoms with Gasteiger partial charge in [0.05, 0.1) is 31.3 Å². The van der Waals surface area contributed by atoms with E-state index in [1.165, 1.54) is 20.8 Å². The number of methoxy groups -OCH3 is 1. The van der Waals surface area contributed by atoms with E-state index in [-0.39, 0.29) is 30.8 Å². The SMILES string of the molecule is COC(=O)[C@@]12OC[C@]34C([C@@H](O)[C@@H]1O)[C@@]1(C)CC(=O)C(O)=C(C)[C@@H]1C[C@H]3OC(=O)[C@H](OC(=O)/C=C(\C)C(C)(C)O)[C@@H]24. The standard InChI is InChI=1S/C28H36O12/c1-11(25(3,4)36)7-16(30)40-19-21-27-10-38-28(21,24(35)37-6)22(33)18(32)20(27)26(5)9-14(29)17(31)12(2)13(26)8-15(27)39-23(19)34/h7,13,15,18-22,31-33,36H,8-10H2,1-6H3/b11-7+/t13-,15+,18+,19+,20?,21+,22-,26-,27+,28-/m0/s1. The van der Waals surface area contributed by atoms with E-state index in [4.69, 9.17) is 18.9 Å². The number of esters is 3. The Bertz CT molecular complexity index is 1240. The number of hydrogen-bond donors (Lipinski definition) is 4. The maximum atomic E-state index is 13.5. The second-order valence-corrected chi connectivity index (χ2v) is 12.7. The van der Waals surface area contributed by atoms with Gasteiger partial charge in [0.2, 0.25) is 11.7 Å². The molecule has 4 N–H and O–H groups in total. The van der Waals surface area contributed by atoms with Gasteiger partial charge in [-0.15, -0.1) is 0 Å². The topological polar surface area (TPSA) is 186 Å². The average molecular weight is 565 g/mol. The van der Waals surface area contributed by atoms with Gasteiger partial charge < -0.3 is 39.4 Å². The number of ether oxygens (including phenoxy) is 4. The van der Waals surface area contributed by atoms with E-state index in [0.29, 0.717) is 5.57 Å². The van der Waals surface area contributed by atoms with Crippen molar-refractivity contribution in [1.82, 2.24) is 0 Å². The zero-order valence-electron chi connectivity index (χ0n) is 23.3. The number of allylic oxidation sites excluding steroid dienone is 2. The van der Waals surface area contributed by atoms with Gasteiger partial charge in [0, 0.05) is 23.8 Å². The van der Waals surface area contributed by atoms with Crippen LogP contribution in [0.15, 0.2) is 23.0 Å². The van der Waals surface area contributed by atoms with E-state index in [1.807, 2.05) is 0 Å². The molecule has 0 radical (unpaired) electrons. The quantitative estimate of drug-likeness (QED) is 0.208. The summed E-state index contributed by atoms with van der Waals surface area (Å²) in [5.41, 5.74) is -5.43. The number of ketones is 1. The zero-order valence-corrected chi connectivity index (χ0v) is 23.3. The molecule has 5 aliphatic rings. The van der Waals surface area contributed by atoms with Crippen LogP contribution in [0.3, 0.4) is 0 Å². The second kappa shape index (κ2) is 8.85. The van der Waals surface area contributed by atoms with Crippen molar-refractivity contribution in [3.63, 3.8) is 0 Å². The van der Waals surface area contributed by atoms with Crippen molar-refractivity contribution in [3.05, 3.63) is 23.0 Å². The second-order valence-electron chi connectivity index (χ2n) is 12.7. The maximum absolute atomic E-state index is 13.5. The Kier molecular flexibility index (Phi) is 6.35. The van der Waals surface area contributed by atoms with Gasteiger partial charge in [0.15, 0.2) is 11.5 Å². The van der Waals surface area contributed by atoms with E-state index in [9.17, 15) is 39.6 Å². The predicted molar refractivity (Wildman–Crippen MR) is 133 cm³/mol. The van der Waals surface area contributed by atoms with Gasteiger partial charge in [0.25, 0.3) is 0 Å². The van der Waals surface area contributed by atoms with Crippen LogP contribution >= 0.6 is 0 Å². The fourth-order valence-corrected chi connectivity index (χ4v) is 8.37. The summed E-state index contributed by atoms with van der Waals surface area (Å²) < 4.78 is 22.6. The van der Waals surface area contributed by atoms with Gasteiger partial charge >= 0.3 is 17.9 Å². The first kappa shape index (κ1) is 28.7. The minimum Gasteiger partial charge on any atom is -0.504 e. The highest BCUT2D eigenvalue weighted by Gasteiger charge is 2.85. The molecular weight excluding hydrogens is 528 g/mol. The summed E-state index contributed by atoms with van der Waals surface area (Å²) in [4.78, 5) is 52.8. The molecule has 0 amide bonds. The molecule has 2 bridgehead atoms. The minimum atomic E-state index is -2.28. The first-order valence-corrected chi connectivity index (χ1v) is 13.3. The van der Waals surface area contributed by atoms with Crippen LogP contribution in [-0.4, -0.2) is 93.5 Å². The van der Waals surface area contributed by atoms with Crippen LogP contribution in [0, 0.1) is 28.6 Å². The third kappa shape index (κ3) is 3.45. The van der Waals surface area contributed by atoms with E-state index in [2.05, 4.69) is 0 Å². The van der Waals surface area contributed by atoms with E-state index in [1.54, 1.807) is 13.8 Å². The van der Waals surface area contributed by atoms with Crippen LogP contribution in [0.25, 0.3) is 0 Å². The average Bonchev–Trinajstić information content (AvgIpc) is 3.17. The summed E-state index contributed by atoms with van der Waals surface area (Å²) in [7, 11) is 1.07. The highest BCUT2D eigenvalue weighted by atomic mass is 16.6. The first-order chi connectivity index (χ1) is 18.5. The zero-order chi connectivity index (χ0) is 29.7. The van der Waals surface area contributed by atoms with Gasteiger partial charge in [-0.1, -0.05) is 6.92 Å². The lowest BCUT2D eigenvalue weighted by molar-refractivity contribution is -0.290. The van der Waals surface area contributed by atoms with Crippen LogP contribution in [-0.2, 0) is 38.1 Å². The highest BCUT2D eigenvalue weighted by molar-refractivity contribution is 5.95. The van der Waals surface area contributed by atoms with E-state index >= 15 is 0 Å². The number of rotatable bonds is 4. The van der Waals surface area contributed by atoms with Crippen LogP contribution in [0.2, 0.25) is 0 Å². The van der Waals surface area contributed by atoms with Crippen molar-refractivity contribution in [2.75, 3.05) is 13.7 Å². The predicted octanol–water partition coefficient (Wildman–Crippen LogP) is 0.268. The molecule has 1 unspecified atom stereocenters. The van der Waals surface area contributed by atoms with E-state index in [0.717, 1.165) is 13.2 Å². The normalized spacial score (nSPS) is 44.4. The molecule has 2 saturated carbocycles. The van der Waals surface area contributed by atoms with Crippen molar-refractivity contribution >= 4 is 23.7 Å². The number of carbonyl (C=O) groups excluding carboxylic acids is 4. The lowest BCUT2D eigenvalue weighted by Gasteiger charge is -2.67. The van der Waals surface area contributed by atoms with Crippen molar-refractivity contribution < 1.29 is 58.6 Å². The Hall–Kier alpha value is -2.80. The third-order valence-electron chi connectivity index (χ3n) is 10.4. The number of hydrogen-bond acceptors (Lipinski definition) is 12. The molecule has 2 heterocycles. The van der Waals surface area contributed by atoms with Gasteiger partial charge in [-0.05, 0) is 56.6 Å². The Morgan fingerprint density at radius 2 is 1.82 bits per heavy atom. The molecule has 3 aliphatic carbocycles.